The number of fused-ring (bicyclic) bond motifs is 2. The summed E-state index contributed by atoms with van der Waals surface area (Å²) in [7, 11) is -3.24. The molecule has 0 radical (unpaired) electrons. The summed E-state index contributed by atoms with van der Waals surface area (Å²) in [6.45, 7) is 3.88. The highest BCUT2D eigenvalue weighted by molar-refractivity contribution is 7.90. The van der Waals surface area contributed by atoms with Crippen LogP contribution >= 0.6 is 0 Å². The van der Waals surface area contributed by atoms with Crippen molar-refractivity contribution in [2.75, 3.05) is 17.3 Å². The molecule has 11 nitrogen and oxygen atoms in total. The number of aromatic nitrogens is 7. The third-order valence-corrected chi connectivity index (χ3v) is 8.02. The molecule has 5 heterocycles. The number of imidazole rings is 1. The lowest BCUT2D eigenvalue weighted by Gasteiger charge is -2.09. The van der Waals surface area contributed by atoms with Crippen LogP contribution in [-0.2, 0) is 21.1 Å². The van der Waals surface area contributed by atoms with Gasteiger partial charge in [-0.2, -0.15) is 5.10 Å². The third-order valence-electron chi connectivity index (χ3n) is 7.08. The highest BCUT2D eigenvalue weighted by Gasteiger charge is 2.22. The Labute approximate surface area is 256 Å². The van der Waals surface area contributed by atoms with Crippen LogP contribution in [0.2, 0.25) is 0 Å². The van der Waals surface area contributed by atoms with Gasteiger partial charge in [-0.3, -0.25) is 19.9 Å². The van der Waals surface area contributed by atoms with E-state index in [9.17, 15) is 17.6 Å². The number of aryl methyl sites for hydroxylation is 1. The van der Waals surface area contributed by atoms with E-state index in [2.05, 4.69) is 40.4 Å². The fourth-order valence-electron chi connectivity index (χ4n) is 5.06. The van der Waals surface area contributed by atoms with Crippen molar-refractivity contribution < 1.29 is 22.0 Å². The van der Waals surface area contributed by atoms with Gasteiger partial charge in [0.25, 0.3) is 0 Å². The van der Waals surface area contributed by atoms with Gasteiger partial charge in [0.05, 0.1) is 34.2 Å². The first-order chi connectivity index (χ1) is 21.4. The Hall–Kier alpha value is -5.11. The Balaban J connectivity index is 1.39. The van der Waals surface area contributed by atoms with Crippen LogP contribution < -0.4 is 5.32 Å². The van der Waals surface area contributed by atoms with E-state index < -0.39 is 21.5 Å². The summed E-state index contributed by atoms with van der Waals surface area (Å²) in [6.07, 6.45) is 7.46. The number of aromatic amines is 2. The van der Waals surface area contributed by atoms with Gasteiger partial charge >= 0.3 is 0 Å². The molecule has 45 heavy (non-hydrogen) atoms. The lowest BCUT2D eigenvalue weighted by atomic mass is 10.0. The SMILES string of the molecule is CC(C)CC(=O)Nc1cncc(-c2cnc3n[nH]c(-c4nc5c(-c6cc(F)cc(CCS(C)(=O)=O)c6)nccc5[nH]4)c3c2F)c1. The molecule has 0 bridgehead atoms. The van der Waals surface area contributed by atoms with Crippen LogP contribution in [0.3, 0.4) is 0 Å². The van der Waals surface area contributed by atoms with E-state index in [1.165, 1.54) is 36.9 Å². The molecule has 0 atom stereocenters. The number of carbonyl (C=O) groups is 1. The first-order valence-corrected chi connectivity index (χ1v) is 16.1. The third kappa shape index (κ3) is 6.41. The van der Waals surface area contributed by atoms with Crippen molar-refractivity contribution in [2.24, 2.45) is 5.92 Å². The van der Waals surface area contributed by atoms with Crippen molar-refractivity contribution in [3.8, 4) is 33.9 Å². The molecule has 0 unspecified atom stereocenters. The fourth-order valence-corrected chi connectivity index (χ4v) is 5.67. The maximum absolute atomic E-state index is 16.2. The number of carbonyl (C=O) groups excluding carboxylic acids is 1. The standard InChI is InChI=1S/C31H28F2N8O3S/c1-16(2)8-24(42)37-21-12-19(13-34-14-21)22-15-36-30-25(26(22)33)29(40-41-30)31-38-23-4-6-35-27(28(23)39-31)18-9-17(10-20(32)11-18)5-7-45(3,43)44/h4,6,9-16H,5,7-8H2,1-3H3,(H,37,42)(H,38,39)(H,36,40,41). The zero-order valence-corrected chi connectivity index (χ0v) is 25.3. The van der Waals surface area contributed by atoms with Gasteiger partial charge in [0.15, 0.2) is 11.5 Å². The van der Waals surface area contributed by atoms with Gasteiger partial charge in [0, 0.05) is 48.0 Å². The lowest BCUT2D eigenvalue weighted by Crippen LogP contribution is -2.14. The Morgan fingerprint density at radius 2 is 1.87 bits per heavy atom. The van der Waals surface area contributed by atoms with Crippen LogP contribution in [-0.4, -0.2) is 61.5 Å². The van der Waals surface area contributed by atoms with Gasteiger partial charge in [-0.05, 0) is 48.2 Å². The number of halogens is 2. The number of H-pyrrole nitrogens is 2. The Morgan fingerprint density at radius 1 is 1.04 bits per heavy atom. The van der Waals surface area contributed by atoms with E-state index in [0.717, 1.165) is 6.26 Å². The van der Waals surface area contributed by atoms with Gasteiger partial charge in [0.2, 0.25) is 5.91 Å². The van der Waals surface area contributed by atoms with Crippen molar-refractivity contribution in [1.82, 2.24) is 35.1 Å². The summed E-state index contributed by atoms with van der Waals surface area (Å²) in [5.74, 6) is -1.02. The molecule has 14 heteroatoms. The number of amides is 1. The minimum absolute atomic E-state index is 0.0872. The number of anilines is 1. The quantitative estimate of drug-likeness (QED) is 0.190. The molecular formula is C31H28F2N8O3S. The second-order valence-electron chi connectivity index (χ2n) is 11.3. The molecule has 5 aromatic heterocycles. The average molecular weight is 631 g/mol. The molecule has 1 amide bonds. The largest absolute Gasteiger partial charge is 0.337 e. The number of sulfone groups is 1. The zero-order chi connectivity index (χ0) is 31.9. The first-order valence-electron chi connectivity index (χ1n) is 14.1. The maximum atomic E-state index is 16.2. The van der Waals surface area contributed by atoms with Gasteiger partial charge in [-0.25, -0.2) is 27.2 Å². The van der Waals surface area contributed by atoms with Crippen LogP contribution in [0, 0.1) is 17.6 Å². The summed E-state index contributed by atoms with van der Waals surface area (Å²) in [5.41, 5.74) is 3.58. The number of hydrogen-bond acceptors (Lipinski definition) is 8. The molecule has 0 aliphatic rings. The van der Waals surface area contributed by atoms with E-state index in [1.54, 1.807) is 18.2 Å². The highest BCUT2D eigenvalue weighted by Crippen LogP contribution is 2.34. The molecule has 0 fully saturated rings. The van der Waals surface area contributed by atoms with Crippen molar-refractivity contribution >= 4 is 43.5 Å². The first kappa shape index (κ1) is 29.9. The topological polar surface area (TPSA) is 159 Å². The Bertz CT molecular complexity index is 2190. The number of pyridine rings is 3. The van der Waals surface area contributed by atoms with E-state index in [-0.39, 0.29) is 52.1 Å². The Morgan fingerprint density at radius 3 is 2.64 bits per heavy atom. The van der Waals surface area contributed by atoms with Gasteiger partial charge in [-0.15, -0.1) is 0 Å². The fraction of sp³-hybridized carbons (Fsp3) is 0.226. The van der Waals surface area contributed by atoms with Crippen molar-refractivity contribution in [3.05, 3.63) is 72.3 Å². The van der Waals surface area contributed by atoms with Gasteiger partial charge < -0.3 is 10.3 Å². The van der Waals surface area contributed by atoms with Crippen LogP contribution in [0.4, 0.5) is 14.5 Å². The minimum Gasteiger partial charge on any atom is -0.337 e. The molecule has 0 aliphatic carbocycles. The molecule has 0 aliphatic heterocycles. The summed E-state index contributed by atoms with van der Waals surface area (Å²) < 4.78 is 54.1. The minimum atomic E-state index is -3.24. The molecular weight excluding hydrogens is 602 g/mol. The molecule has 0 saturated heterocycles. The molecule has 0 spiro atoms. The number of hydrogen-bond donors (Lipinski definition) is 3. The van der Waals surface area contributed by atoms with E-state index in [1.807, 2.05) is 13.8 Å². The summed E-state index contributed by atoms with van der Waals surface area (Å²) in [6, 6.07) is 7.58. The maximum Gasteiger partial charge on any atom is 0.224 e. The second-order valence-corrected chi connectivity index (χ2v) is 13.5. The van der Waals surface area contributed by atoms with E-state index in [0.29, 0.717) is 45.5 Å². The van der Waals surface area contributed by atoms with Gasteiger partial charge in [-0.1, -0.05) is 13.8 Å². The predicted octanol–water partition coefficient (Wildman–Crippen LogP) is 5.48. The van der Waals surface area contributed by atoms with Crippen molar-refractivity contribution in [3.63, 3.8) is 0 Å². The average Bonchev–Trinajstić information content (AvgIpc) is 3.60. The highest BCUT2D eigenvalue weighted by atomic mass is 32.2. The second kappa shape index (κ2) is 11.8. The number of nitrogens with one attached hydrogen (secondary N) is 3. The molecule has 6 rings (SSSR count). The zero-order valence-electron chi connectivity index (χ0n) is 24.5. The molecule has 6 aromatic rings. The predicted molar refractivity (Wildman–Crippen MR) is 167 cm³/mol. The number of nitrogens with zero attached hydrogens (tertiary/aromatic N) is 5. The van der Waals surface area contributed by atoms with Gasteiger partial charge in [0.1, 0.15) is 32.7 Å². The van der Waals surface area contributed by atoms with E-state index >= 15 is 4.39 Å². The molecule has 3 N–H and O–H groups in total. The smallest absolute Gasteiger partial charge is 0.224 e. The van der Waals surface area contributed by atoms with Crippen molar-refractivity contribution in [1.29, 1.82) is 0 Å². The summed E-state index contributed by atoms with van der Waals surface area (Å²) in [5, 5.41) is 9.86. The summed E-state index contributed by atoms with van der Waals surface area (Å²) >= 11 is 0. The Kier molecular flexibility index (Phi) is 7.83. The van der Waals surface area contributed by atoms with Crippen molar-refractivity contribution in [2.45, 2.75) is 26.7 Å². The molecule has 230 valence electrons. The van der Waals surface area contributed by atoms with Crippen LogP contribution in [0.25, 0.3) is 56.0 Å². The van der Waals surface area contributed by atoms with Crippen LogP contribution in [0.5, 0.6) is 0 Å². The normalized spacial score (nSPS) is 12.0. The van der Waals surface area contributed by atoms with Crippen LogP contribution in [0.15, 0.2) is 55.1 Å². The number of benzene rings is 1. The number of rotatable bonds is 9. The van der Waals surface area contributed by atoms with Crippen LogP contribution in [0.1, 0.15) is 25.8 Å². The lowest BCUT2D eigenvalue weighted by molar-refractivity contribution is -0.116. The van der Waals surface area contributed by atoms with E-state index in [4.69, 9.17) is 0 Å². The molecule has 1 aromatic carbocycles. The molecule has 0 saturated carbocycles. The summed E-state index contributed by atoms with van der Waals surface area (Å²) in [4.78, 5) is 33.0. The monoisotopic (exact) mass is 630 g/mol.